The molecule has 27 heavy (non-hydrogen) atoms. The molecule has 0 aliphatic rings. The van der Waals surface area contributed by atoms with Gasteiger partial charge in [0.25, 0.3) is 0 Å². The summed E-state index contributed by atoms with van der Waals surface area (Å²) < 4.78 is 43.5. The van der Waals surface area contributed by atoms with E-state index in [-0.39, 0.29) is 23.3 Å². The number of halogens is 4. The molecule has 0 spiro atoms. The van der Waals surface area contributed by atoms with E-state index in [1.165, 1.54) is 13.0 Å². The smallest absolute Gasteiger partial charge is 0.416 e. The summed E-state index contributed by atoms with van der Waals surface area (Å²) in [5, 5.41) is 3.54. The first-order chi connectivity index (χ1) is 12.7. The van der Waals surface area contributed by atoms with Gasteiger partial charge in [0, 0.05) is 30.4 Å². The zero-order chi connectivity index (χ0) is 19.6. The van der Waals surface area contributed by atoms with Gasteiger partial charge in [0.15, 0.2) is 0 Å². The summed E-state index contributed by atoms with van der Waals surface area (Å²) in [6, 6.07) is 8.73. The average Bonchev–Trinajstić information content (AvgIpc) is 2.97. The van der Waals surface area contributed by atoms with E-state index in [0.29, 0.717) is 12.1 Å². The fourth-order valence-electron chi connectivity index (χ4n) is 2.69. The summed E-state index contributed by atoms with van der Waals surface area (Å²) in [5.41, 5.74) is 1.71. The monoisotopic (exact) mass is 396 g/mol. The molecule has 0 fully saturated rings. The summed E-state index contributed by atoms with van der Waals surface area (Å²) in [6.07, 6.45) is -2.20. The quantitative estimate of drug-likeness (QED) is 0.605. The molecule has 0 aliphatic carbocycles. The number of hydrogen-bond donors (Lipinski definition) is 2. The van der Waals surface area contributed by atoms with Crippen molar-refractivity contribution < 1.29 is 22.7 Å². The molecule has 0 aliphatic heterocycles. The lowest BCUT2D eigenvalue weighted by atomic mass is 10.1. The highest BCUT2D eigenvalue weighted by molar-refractivity contribution is 6.32. The number of anilines is 1. The molecular formula is C19H16ClF3N2O2. The van der Waals surface area contributed by atoms with Crippen molar-refractivity contribution in [1.82, 2.24) is 4.98 Å². The molecule has 0 bridgehead atoms. The number of fused-ring (bicyclic) bond motifs is 1. The van der Waals surface area contributed by atoms with Crippen LogP contribution in [0.25, 0.3) is 10.9 Å². The van der Waals surface area contributed by atoms with Gasteiger partial charge in [-0.3, -0.25) is 4.79 Å². The van der Waals surface area contributed by atoms with Crippen LogP contribution in [0, 0.1) is 0 Å². The number of hydrogen-bond acceptors (Lipinski definition) is 2. The molecule has 4 nitrogen and oxygen atoms in total. The molecule has 2 N–H and O–H groups in total. The summed E-state index contributed by atoms with van der Waals surface area (Å²) in [4.78, 5) is 14.3. The van der Waals surface area contributed by atoms with Gasteiger partial charge in [0.2, 0.25) is 5.91 Å². The van der Waals surface area contributed by atoms with Crippen molar-refractivity contribution in [2.24, 2.45) is 0 Å². The number of aromatic nitrogens is 1. The maximum absolute atomic E-state index is 12.7. The molecule has 0 saturated heterocycles. The molecule has 1 amide bonds. The Labute approximate surface area is 158 Å². The molecule has 0 saturated carbocycles. The lowest BCUT2D eigenvalue weighted by molar-refractivity contribution is -0.137. The summed E-state index contributed by atoms with van der Waals surface area (Å²) in [7, 11) is 0. The Morgan fingerprint density at radius 2 is 2.00 bits per heavy atom. The third-order valence-electron chi connectivity index (χ3n) is 3.96. The second-order valence-electron chi connectivity index (χ2n) is 6.00. The third kappa shape index (κ3) is 4.54. The molecule has 1 heterocycles. The first-order valence-corrected chi connectivity index (χ1v) is 8.49. The molecule has 1 aromatic heterocycles. The predicted molar refractivity (Wildman–Crippen MR) is 98.3 cm³/mol. The van der Waals surface area contributed by atoms with E-state index in [1.54, 1.807) is 6.20 Å². The number of carbonyl (C=O) groups is 1. The minimum Gasteiger partial charge on any atom is -0.492 e. The van der Waals surface area contributed by atoms with Gasteiger partial charge >= 0.3 is 6.18 Å². The normalized spacial score (nSPS) is 11.6. The molecule has 142 valence electrons. The van der Waals surface area contributed by atoms with E-state index >= 15 is 0 Å². The Morgan fingerprint density at radius 1 is 1.22 bits per heavy atom. The lowest BCUT2D eigenvalue weighted by Gasteiger charge is -2.11. The van der Waals surface area contributed by atoms with Crippen molar-refractivity contribution in [2.45, 2.75) is 19.5 Å². The number of carbonyl (C=O) groups excluding carboxylic acids is 1. The molecule has 0 radical (unpaired) electrons. The van der Waals surface area contributed by atoms with Crippen LogP contribution in [-0.2, 0) is 17.4 Å². The number of alkyl halides is 3. The highest BCUT2D eigenvalue weighted by Crippen LogP contribution is 2.34. The fraction of sp³-hybridized carbons (Fsp3) is 0.211. The summed E-state index contributed by atoms with van der Waals surface area (Å²) >= 11 is 5.88. The van der Waals surface area contributed by atoms with Crippen molar-refractivity contribution in [3.8, 4) is 5.75 Å². The van der Waals surface area contributed by atoms with Crippen LogP contribution < -0.4 is 10.1 Å². The van der Waals surface area contributed by atoms with Gasteiger partial charge in [0.1, 0.15) is 5.75 Å². The van der Waals surface area contributed by atoms with E-state index in [0.717, 1.165) is 28.6 Å². The minimum atomic E-state index is -4.44. The molecule has 2 aromatic carbocycles. The number of H-pyrrole nitrogens is 1. The SMILES string of the molecule is CC(=O)Nc1c[nH]c2ccc(CCOc3ccc(C(F)(F)F)cc3Cl)cc12. The number of amides is 1. The second-order valence-corrected chi connectivity index (χ2v) is 6.41. The van der Waals surface area contributed by atoms with Crippen molar-refractivity contribution in [3.05, 3.63) is 58.7 Å². The standard InChI is InChI=1S/C19H16ClF3N2O2/c1-11(26)25-17-10-24-16-4-2-12(8-14(16)17)6-7-27-18-5-3-13(9-15(18)20)19(21,22)23/h2-5,8-10,24H,6-7H2,1H3,(H,25,26). The highest BCUT2D eigenvalue weighted by Gasteiger charge is 2.31. The molecular weight excluding hydrogens is 381 g/mol. The van der Waals surface area contributed by atoms with Crippen molar-refractivity contribution in [3.63, 3.8) is 0 Å². The van der Waals surface area contributed by atoms with Crippen molar-refractivity contribution in [1.29, 1.82) is 0 Å². The second kappa shape index (κ2) is 7.52. The van der Waals surface area contributed by atoms with Gasteiger partial charge in [-0.1, -0.05) is 17.7 Å². The zero-order valence-electron chi connectivity index (χ0n) is 14.3. The van der Waals surface area contributed by atoms with Crippen LogP contribution in [0.3, 0.4) is 0 Å². The molecule has 8 heteroatoms. The van der Waals surface area contributed by atoms with E-state index in [1.807, 2.05) is 18.2 Å². The van der Waals surface area contributed by atoms with Crippen molar-refractivity contribution >= 4 is 34.1 Å². The van der Waals surface area contributed by atoms with Gasteiger partial charge in [-0.05, 0) is 35.9 Å². The predicted octanol–water partition coefficient (Wildman–Crippen LogP) is 5.42. The van der Waals surface area contributed by atoms with Crippen LogP contribution in [0.2, 0.25) is 5.02 Å². The van der Waals surface area contributed by atoms with Gasteiger partial charge in [-0.15, -0.1) is 0 Å². The average molecular weight is 397 g/mol. The Morgan fingerprint density at radius 3 is 2.67 bits per heavy atom. The van der Waals surface area contributed by atoms with Gasteiger partial charge in [-0.2, -0.15) is 13.2 Å². The highest BCUT2D eigenvalue weighted by atomic mass is 35.5. The lowest BCUT2D eigenvalue weighted by Crippen LogP contribution is -2.06. The van der Waals surface area contributed by atoms with Crippen LogP contribution in [0.4, 0.5) is 18.9 Å². The molecule has 0 unspecified atom stereocenters. The van der Waals surface area contributed by atoms with E-state index < -0.39 is 11.7 Å². The van der Waals surface area contributed by atoms with Crippen LogP contribution in [0.5, 0.6) is 5.75 Å². The maximum Gasteiger partial charge on any atom is 0.416 e. The Kier molecular flexibility index (Phi) is 5.32. The third-order valence-corrected chi connectivity index (χ3v) is 4.26. The number of nitrogens with one attached hydrogen (secondary N) is 2. The minimum absolute atomic E-state index is 0.0844. The maximum atomic E-state index is 12.7. The number of rotatable bonds is 5. The van der Waals surface area contributed by atoms with Crippen LogP contribution >= 0.6 is 11.6 Å². The Hall–Kier alpha value is -2.67. The van der Waals surface area contributed by atoms with Gasteiger partial charge < -0.3 is 15.0 Å². The number of benzene rings is 2. The Balaban J connectivity index is 1.67. The number of ether oxygens (including phenoxy) is 1. The number of aromatic amines is 1. The first kappa shape index (κ1) is 19.1. The van der Waals surface area contributed by atoms with Crippen molar-refractivity contribution in [2.75, 3.05) is 11.9 Å². The summed E-state index contributed by atoms with van der Waals surface area (Å²) in [5.74, 6) is 0.0351. The molecule has 3 rings (SSSR count). The van der Waals surface area contributed by atoms with E-state index in [4.69, 9.17) is 16.3 Å². The van der Waals surface area contributed by atoms with Crippen LogP contribution in [0.1, 0.15) is 18.1 Å². The largest absolute Gasteiger partial charge is 0.492 e. The fourth-order valence-corrected chi connectivity index (χ4v) is 2.92. The van der Waals surface area contributed by atoms with Gasteiger partial charge in [-0.25, -0.2) is 0 Å². The van der Waals surface area contributed by atoms with Gasteiger partial charge in [0.05, 0.1) is 22.9 Å². The van der Waals surface area contributed by atoms with E-state index in [9.17, 15) is 18.0 Å². The topological polar surface area (TPSA) is 54.1 Å². The molecule has 3 aromatic rings. The molecule has 0 atom stereocenters. The zero-order valence-corrected chi connectivity index (χ0v) is 15.0. The van der Waals surface area contributed by atoms with E-state index in [2.05, 4.69) is 10.3 Å². The first-order valence-electron chi connectivity index (χ1n) is 8.11. The van der Waals surface area contributed by atoms with Crippen LogP contribution in [0.15, 0.2) is 42.6 Å². The Bertz CT molecular complexity index is 983. The summed E-state index contributed by atoms with van der Waals surface area (Å²) in [6.45, 7) is 1.68. The van der Waals surface area contributed by atoms with Crippen LogP contribution in [-0.4, -0.2) is 17.5 Å².